The Morgan fingerprint density at radius 3 is 2.28 bits per heavy atom. The summed E-state index contributed by atoms with van der Waals surface area (Å²) in [7, 11) is -3.68. The Morgan fingerprint density at radius 1 is 0.960 bits per heavy atom. The van der Waals surface area contributed by atoms with Crippen molar-refractivity contribution in [3.05, 3.63) is 71.0 Å². The third-order valence-electron chi connectivity index (χ3n) is 4.15. The van der Waals surface area contributed by atoms with Crippen LogP contribution in [-0.4, -0.2) is 18.2 Å². The molecule has 130 valence electrons. The van der Waals surface area contributed by atoms with Gasteiger partial charge in [0.25, 0.3) is 10.0 Å². The summed E-state index contributed by atoms with van der Waals surface area (Å²) >= 11 is 0. The zero-order chi connectivity index (χ0) is 18.2. The van der Waals surface area contributed by atoms with Crippen molar-refractivity contribution >= 4 is 15.7 Å². The van der Waals surface area contributed by atoms with Gasteiger partial charge in [-0.25, -0.2) is 13.1 Å². The van der Waals surface area contributed by atoms with Crippen molar-refractivity contribution in [1.29, 1.82) is 0 Å². The molecule has 0 saturated carbocycles. The lowest BCUT2D eigenvalue weighted by molar-refractivity contribution is 0.600. The van der Waals surface area contributed by atoms with E-state index in [0.717, 1.165) is 22.5 Å². The fraction of sp³-hybridized carbons (Fsp3) is 0.211. The van der Waals surface area contributed by atoms with Gasteiger partial charge in [0.15, 0.2) is 0 Å². The molecule has 0 unspecified atom stereocenters. The molecule has 0 saturated heterocycles. The fourth-order valence-electron chi connectivity index (χ4n) is 2.90. The highest BCUT2D eigenvalue weighted by Gasteiger charge is 2.21. The summed E-state index contributed by atoms with van der Waals surface area (Å²) < 4.78 is 30.1. The second kappa shape index (κ2) is 6.37. The van der Waals surface area contributed by atoms with Crippen LogP contribution >= 0.6 is 0 Å². The van der Waals surface area contributed by atoms with Crippen LogP contribution in [0.3, 0.4) is 0 Å². The maximum Gasteiger partial charge on any atom is 0.262 e. The lowest BCUT2D eigenvalue weighted by Crippen LogP contribution is -2.15. The normalized spacial score (nSPS) is 11.5. The molecule has 1 N–H and O–H groups in total. The van der Waals surface area contributed by atoms with Gasteiger partial charge in [0.05, 0.1) is 27.7 Å². The number of nitrogens with one attached hydrogen (secondary N) is 1. The van der Waals surface area contributed by atoms with E-state index in [1.54, 1.807) is 30.7 Å². The number of hydrogen-bond acceptors (Lipinski definition) is 3. The highest BCUT2D eigenvalue weighted by atomic mass is 32.2. The average molecular weight is 355 g/mol. The summed E-state index contributed by atoms with van der Waals surface area (Å²) in [4.78, 5) is 0.282. The van der Waals surface area contributed by atoms with Crippen LogP contribution in [0.1, 0.15) is 22.5 Å². The number of para-hydroxylation sites is 1. The SMILES string of the molecule is Cc1ccc(S(=O)(=O)Nc2c(C)nn(-c3ccccc3)c2C)c(C)c1. The van der Waals surface area contributed by atoms with Crippen molar-refractivity contribution in [1.82, 2.24) is 9.78 Å². The maximum absolute atomic E-state index is 12.8. The predicted molar refractivity (Wildman–Crippen MR) is 99.8 cm³/mol. The minimum absolute atomic E-state index is 0.282. The Balaban J connectivity index is 2.02. The Kier molecular flexibility index (Phi) is 4.39. The standard InChI is InChI=1S/C19H21N3O2S/c1-13-10-11-18(14(2)12-13)25(23,24)21-19-15(3)20-22(16(19)4)17-8-6-5-7-9-17/h5-12,21H,1-4H3. The van der Waals surface area contributed by atoms with Crippen LogP contribution < -0.4 is 4.72 Å². The maximum atomic E-state index is 12.8. The molecule has 0 bridgehead atoms. The van der Waals surface area contributed by atoms with Gasteiger partial charge < -0.3 is 0 Å². The molecule has 3 aromatic rings. The van der Waals surface area contributed by atoms with Crippen molar-refractivity contribution in [3.8, 4) is 5.69 Å². The molecule has 5 nitrogen and oxygen atoms in total. The smallest absolute Gasteiger partial charge is 0.262 e. The Hall–Kier alpha value is -2.60. The fourth-order valence-corrected chi connectivity index (χ4v) is 4.31. The van der Waals surface area contributed by atoms with Crippen LogP contribution in [0, 0.1) is 27.7 Å². The minimum Gasteiger partial charge on any atom is -0.276 e. The Labute approximate surface area is 148 Å². The summed E-state index contributed by atoms with van der Waals surface area (Å²) in [6, 6.07) is 14.9. The molecular formula is C19H21N3O2S. The van der Waals surface area contributed by atoms with Gasteiger partial charge in [-0.3, -0.25) is 4.72 Å². The second-order valence-corrected chi connectivity index (χ2v) is 7.82. The molecule has 0 spiro atoms. The molecule has 0 aliphatic rings. The van der Waals surface area contributed by atoms with Gasteiger partial charge >= 0.3 is 0 Å². The quantitative estimate of drug-likeness (QED) is 0.772. The van der Waals surface area contributed by atoms with E-state index in [4.69, 9.17) is 0 Å². The van der Waals surface area contributed by atoms with Crippen LogP contribution in [0.2, 0.25) is 0 Å². The lowest BCUT2D eigenvalue weighted by Gasteiger charge is -2.11. The molecule has 0 radical (unpaired) electrons. The molecule has 25 heavy (non-hydrogen) atoms. The van der Waals surface area contributed by atoms with Crippen LogP contribution in [0.5, 0.6) is 0 Å². The van der Waals surface area contributed by atoms with Gasteiger partial charge in [-0.2, -0.15) is 5.10 Å². The van der Waals surface area contributed by atoms with E-state index in [0.29, 0.717) is 11.4 Å². The molecule has 0 amide bonds. The van der Waals surface area contributed by atoms with Crippen molar-refractivity contribution in [2.45, 2.75) is 32.6 Å². The zero-order valence-corrected chi connectivity index (χ0v) is 15.6. The topological polar surface area (TPSA) is 64.0 Å². The molecule has 0 atom stereocenters. The van der Waals surface area contributed by atoms with Gasteiger partial charge in [0, 0.05) is 0 Å². The molecule has 1 heterocycles. The van der Waals surface area contributed by atoms with Gasteiger partial charge in [-0.15, -0.1) is 0 Å². The second-order valence-electron chi connectivity index (χ2n) is 6.17. The largest absolute Gasteiger partial charge is 0.276 e. The van der Waals surface area contributed by atoms with Gasteiger partial charge in [0.1, 0.15) is 0 Å². The third-order valence-corrected chi connectivity index (χ3v) is 5.66. The van der Waals surface area contributed by atoms with E-state index in [2.05, 4.69) is 9.82 Å². The first-order valence-corrected chi connectivity index (χ1v) is 9.49. The van der Waals surface area contributed by atoms with Crippen molar-refractivity contribution in [2.75, 3.05) is 4.72 Å². The number of sulfonamides is 1. The summed E-state index contributed by atoms with van der Waals surface area (Å²) in [5.74, 6) is 0. The first-order chi connectivity index (χ1) is 11.8. The van der Waals surface area contributed by atoms with E-state index in [1.807, 2.05) is 50.2 Å². The first-order valence-electron chi connectivity index (χ1n) is 8.01. The van der Waals surface area contributed by atoms with E-state index in [-0.39, 0.29) is 4.90 Å². The number of aromatic nitrogens is 2. The average Bonchev–Trinajstić information content (AvgIpc) is 2.83. The number of aryl methyl sites for hydroxylation is 3. The first kappa shape index (κ1) is 17.2. The zero-order valence-electron chi connectivity index (χ0n) is 14.7. The Morgan fingerprint density at radius 2 is 1.64 bits per heavy atom. The molecule has 1 aromatic heterocycles. The minimum atomic E-state index is -3.68. The van der Waals surface area contributed by atoms with E-state index in [1.165, 1.54) is 0 Å². The van der Waals surface area contributed by atoms with Crippen molar-refractivity contribution in [3.63, 3.8) is 0 Å². The van der Waals surface area contributed by atoms with Gasteiger partial charge in [-0.1, -0.05) is 35.9 Å². The highest BCUT2D eigenvalue weighted by molar-refractivity contribution is 7.92. The summed E-state index contributed by atoms with van der Waals surface area (Å²) in [6.45, 7) is 7.39. The molecule has 6 heteroatoms. The molecule has 2 aromatic carbocycles. The molecular weight excluding hydrogens is 334 g/mol. The van der Waals surface area contributed by atoms with Gasteiger partial charge in [0.2, 0.25) is 0 Å². The highest BCUT2D eigenvalue weighted by Crippen LogP contribution is 2.26. The van der Waals surface area contributed by atoms with Crippen LogP contribution in [-0.2, 0) is 10.0 Å². The van der Waals surface area contributed by atoms with E-state index < -0.39 is 10.0 Å². The molecule has 3 rings (SSSR count). The summed E-state index contributed by atoms with van der Waals surface area (Å²) in [5.41, 5.74) is 4.54. The monoisotopic (exact) mass is 355 g/mol. The lowest BCUT2D eigenvalue weighted by atomic mass is 10.2. The third kappa shape index (κ3) is 3.30. The Bertz CT molecular complexity index is 1020. The number of hydrogen-bond donors (Lipinski definition) is 1. The molecule has 0 aliphatic heterocycles. The van der Waals surface area contributed by atoms with Crippen molar-refractivity contribution < 1.29 is 8.42 Å². The van der Waals surface area contributed by atoms with E-state index in [9.17, 15) is 8.42 Å². The summed E-state index contributed by atoms with van der Waals surface area (Å²) in [5, 5.41) is 4.48. The van der Waals surface area contributed by atoms with Gasteiger partial charge in [-0.05, 0) is 51.5 Å². The van der Waals surface area contributed by atoms with Crippen LogP contribution in [0.4, 0.5) is 5.69 Å². The number of anilines is 1. The van der Waals surface area contributed by atoms with Crippen LogP contribution in [0.15, 0.2) is 53.4 Å². The predicted octanol–water partition coefficient (Wildman–Crippen LogP) is 3.91. The number of benzene rings is 2. The molecule has 0 aliphatic carbocycles. The van der Waals surface area contributed by atoms with Crippen LogP contribution in [0.25, 0.3) is 5.69 Å². The summed E-state index contributed by atoms with van der Waals surface area (Å²) in [6.07, 6.45) is 0. The molecule has 0 fully saturated rings. The van der Waals surface area contributed by atoms with E-state index >= 15 is 0 Å². The van der Waals surface area contributed by atoms with Crippen molar-refractivity contribution in [2.24, 2.45) is 0 Å². The number of rotatable bonds is 4. The number of nitrogens with zero attached hydrogens (tertiary/aromatic N) is 2.